The normalized spacial score (nSPS) is 17.5. The number of hydrogen-bond acceptors (Lipinski definition) is 3. The lowest BCUT2D eigenvalue weighted by atomic mass is 10.00. The molecule has 1 atom stereocenters. The van der Waals surface area contributed by atoms with Crippen LogP contribution in [0.5, 0.6) is 0 Å². The lowest BCUT2D eigenvalue weighted by Crippen LogP contribution is -2.46. The molecule has 2 aromatic carbocycles. The van der Waals surface area contributed by atoms with Gasteiger partial charge in [-0.15, -0.1) is 0 Å². The van der Waals surface area contributed by atoms with E-state index >= 15 is 0 Å². The summed E-state index contributed by atoms with van der Waals surface area (Å²) in [5.74, 6) is -1.60. The predicted octanol–water partition coefficient (Wildman–Crippen LogP) is 4.17. The average molecular weight is 391 g/mol. The van der Waals surface area contributed by atoms with Crippen LogP contribution in [0.4, 0.5) is 10.1 Å². The first-order chi connectivity index (χ1) is 12.9. The second kappa shape index (κ2) is 8.50. The average Bonchev–Trinajstić information content (AvgIpc) is 2.63. The first-order valence-electron chi connectivity index (χ1n) is 8.75. The number of amides is 1. The van der Waals surface area contributed by atoms with E-state index in [0.29, 0.717) is 18.7 Å². The van der Waals surface area contributed by atoms with E-state index < -0.39 is 5.97 Å². The van der Waals surface area contributed by atoms with Crippen LogP contribution in [0.1, 0.15) is 35.2 Å². The van der Waals surface area contributed by atoms with Crippen molar-refractivity contribution in [2.45, 2.75) is 31.8 Å². The van der Waals surface area contributed by atoms with Crippen molar-refractivity contribution in [3.63, 3.8) is 0 Å². The summed E-state index contributed by atoms with van der Waals surface area (Å²) >= 11 is 5.96. The minimum Gasteiger partial charge on any atom is -0.478 e. The zero-order chi connectivity index (χ0) is 19.4. The van der Waals surface area contributed by atoms with Crippen LogP contribution >= 0.6 is 11.6 Å². The molecule has 2 N–H and O–H groups in total. The maximum atomic E-state index is 13.1. The Kier molecular flexibility index (Phi) is 6.08. The molecule has 0 saturated carbocycles. The molecule has 0 aromatic heterocycles. The second-order valence-corrected chi connectivity index (χ2v) is 7.07. The van der Waals surface area contributed by atoms with Crippen molar-refractivity contribution >= 4 is 29.2 Å². The molecule has 142 valence electrons. The first-order valence-corrected chi connectivity index (χ1v) is 9.13. The summed E-state index contributed by atoms with van der Waals surface area (Å²) in [4.78, 5) is 26.0. The van der Waals surface area contributed by atoms with Crippen molar-refractivity contribution in [3.8, 4) is 0 Å². The van der Waals surface area contributed by atoms with Gasteiger partial charge in [-0.1, -0.05) is 30.2 Å². The van der Waals surface area contributed by atoms with Gasteiger partial charge in [0, 0.05) is 17.3 Å². The Balaban J connectivity index is 1.73. The van der Waals surface area contributed by atoms with Crippen LogP contribution in [0, 0.1) is 5.82 Å². The van der Waals surface area contributed by atoms with Gasteiger partial charge in [-0.25, -0.2) is 9.18 Å². The van der Waals surface area contributed by atoms with Gasteiger partial charge in [0.15, 0.2) is 0 Å². The fraction of sp³-hybridized carbons (Fsp3) is 0.300. The molecule has 1 amide bonds. The molecule has 1 fully saturated rings. The minimum absolute atomic E-state index is 0.0182. The van der Waals surface area contributed by atoms with Crippen molar-refractivity contribution in [3.05, 3.63) is 64.4 Å². The quantitative estimate of drug-likeness (QED) is 0.803. The molecule has 0 bridgehead atoms. The van der Waals surface area contributed by atoms with Crippen LogP contribution in [-0.4, -0.2) is 34.5 Å². The first kappa shape index (κ1) is 19.3. The molecule has 0 spiro atoms. The molecule has 1 unspecified atom stereocenters. The number of rotatable bonds is 5. The molecule has 27 heavy (non-hydrogen) atoms. The Bertz CT molecular complexity index is 842. The van der Waals surface area contributed by atoms with Gasteiger partial charge in [0.2, 0.25) is 5.91 Å². The number of carbonyl (C=O) groups is 2. The van der Waals surface area contributed by atoms with Crippen molar-refractivity contribution in [1.82, 2.24) is 4.90 Å². The van der Waals surface area contributed by atoms with Crippen LogP contribution in [0.15, 0.2) is 42.5 Å². The third-order valence-electron chi connectivity index (χ3n) is 4.63. The fourth-order valence-corrected chi connectivity index (χ4v) is 3.55. The van der Waals surface area contributed by atoms with Crippen molar-refractivity contribution in [2.75, 3.05) is 11.9 Å². The standard InChI is InChI=1S/C20H20ClFN2O3/c21-15-9-14(20(26)27)10-17(11-15)23-19(25)18-3-1-2-8-24(18)12-13-4-6-16(22)7-5-13/h4-7,9-11,18H,1-3,8,12H2,(H,23,25)(H,26,27). The highest BCUT2D eigenvalue weighted by atomic mass is 35.5. The number of hydrogen-bond donors (Lipinski definition) is 2. The Morgan fingerprint density at radius 2 is 1.93 bits per heavy atom. The summed E-state index contributed by atoms with van der Waals surface area (Å²) in [7, 11) is 0. The van der Waals surface area contributed by atoms with Crippen LogP contribution in [0.2, 0.25) is 5.02 Å². The molecule has 0 radical (unpaired) electrons. The number of benzene rings is 2. The number of nitrogens with zero attached hydrogens (tertiary/aromatic N) is 1. The molecular formula is C20H20ClFN2O3. The third kappa shape index (κ3) is 5.05. The summed E-state index contributed by atoms with van der Waals surface area (Å²) in [6.07, 6.45) is 2.64. The number of carboxylic acid groups (broad SMARTS) is 1. The SMILES string of the molecule is O=C(O)c1cc(Cl)cc(NC(=O)C2CCCCN2Cc2ccc(F)cc2)c1. The van der Waals surface area contributed by atoms with Crippen molar-refractivity contribution < 1.29 is 19.1 Å². The number of aromatic carboxylic acids is 1. The number of likely N-dealkylation sites (tertiary alicyclic amines) is 1. The third-order valence-corrected chi connectivity index (χ3v) is 4.85. The topological polar surface area (TPSA) is 69.6 Å². The Labute approximate surface area is 161 Å². The van der Waals surface area contributed by atoms with Gasteiger partial charge in [-0.2, -0.15) is 0 Å². The number of anilines is 1. The van der Waals surface area contributed by atoms with Gasteiger partial charge < -0.3 is 10.4 Å². The van der Waals surface area contributed by atoms with E-state index in [-0.39, 0.29) is 28.4 Å². The Morgan fingerprint density at radius 1 is 1.19 bits per heavy atom. The molecule has 0 aliphatic carbocycles. The summed E-state index contributed by atoms with van der Waals surface area (Å²) in [5.41, 5.74) is 1.31. The van der Waals surface area contributed by atoms with Gasteiger partial charge in [0.05, 0.1) is 11.6 Å². The van der Waals surface area contributed by atoms with E-state index in [2.05, 4.69) is 10.2 Å². The predicted molar refractivity (Wildman–Crippen MR) is 101 cm³/mol. The lowest BCUT2D eigenvalue weighted by molar-refractivity contribution is -0.122. The van der Waals surface area contributed by atoms with Crippen LogP contribution in [0.25, 0.3) is 0 Å². The minimum atomic E-state index is -1.11. The van der Waals surface area contributed by atoms with Gasteiger partial charge in [-0.3, -0.25) is 9.69 Å². The van der Waals surface area contributed by atoms with E-state index in [9.17, 15) is 14.0 Å². The number of carboxylic acids is 1. The summed E-state index contributed by atoms with van der Waals surface area (Å²) < 4.78 is 13.1. The molecule has 1 aliphatic rings. The molecule has 5 nitrogen and oxygen atoms in total. The highest BCUT2D eigenvalue weighted by Crippen LogP contribution is 2.23. The maximum absolute atomic E-state index is 13.1. The van der Waals surface area contributed by atoms with Crippen LogP contribution < -0.4 is 5.32 Å². The number of carbonyl (C=O) groups excluding carboxylic acids is 1. The van der Waals surface area contributed by atoms with E-state index in [1.165, 1.54) is 30.3 Å². The smallest absolute Gasteiger partial charge is 0.335 e. The monoisotopic (exact) mass is 390 g/mol. The van der Waals surface area contributed by atoms with Crippen LogP contribution in [-0.2, 0) is 11.3 Å². The highest BCUT2D eigenvalue weighted by molar-refractivity contribution is 6.31. The van der Waals surface area contributed by atoms with E-state index in [4.69, 9.17) is 16.7 Å². The summed E-state index contributed by atoms with van der Waals surface area (Å²) in [6.45, 7) is 1.32. The van der Waals surface area contributed by atoms with E-state index in [1.54, 1.807) is 12.1 Å². The molecule has 1 heterocycles. The molecule has 1 saturated heterocycles. The van der Waals surface area contributed by atoms with Crippen LogP contribution in [0.3, 0.4) is 0 Å². The fourth-order valence-electron chi connectivity index (χ4n) is 3.31. The highest BCUT2D eigenvalue weighted by Gasteiger charge is 2.29. The zero-order valence-electron chi connectivity index (χ0n) is 14.6. The molecule has 1 aliphatic heterocycles. The Hall–Kier alpha value is -2.44. The van der Waals surface area contributed by atoms with Gasteiger partial charge in [0.25, 0.3) is 0 Å². The lowest BCUT2D eigenvalue weighted by Gasteiger charge is -2.34. The summed E-state index contributed by atoms with van der Waals surface area (Å²) in [6, 6.07) is 10.2. The zero-order valence-corrected chi connectivity index (χ0v) is 15.4. The van der Waals surface area contributed by atoms with Gasteiger partial charge in [-0.05, 0) is 55.3 Å². The van der Waals surface area contributed by atoms with Crippen molar-refractivity contribution in [1.29, 1.82) is 0 Å². The number of piperidine rings is 1. The number of halogens is 2. The maximum Gasteiger partial charge on any atom is 0.335 e. The largest absolute Gasteiger partial charge is 0.478 e. The van der Waals surface area contributed by atoms with Gasteiger partial charge in [0.1, 0.15) is 5.82 Å². The molecule has 2 aromatic rings. The van der Waals surface area contributed by atoms with Gasteiger partial charge >= 0.3 is 5.97 Å². The molecule has 3 rings (SSSR count). The van der Waals surface area contributed by atoms with Crippen molar-refractivity contribution in [2.24, 2.45) is 0 Å². The van der Waals surface area contributed by atoms with E-state index in [1.807, 2.05) is 0 Å². The molecule has 7 heteroatoms. The second-order valence-electron chi connectivity index (χ2n) is 6.63. The summed E-state index contributed by atoms with van der Waals surface area (Å²) in [5, 5.41) is 12.2. The van der Waals surface area contributed by atoms with E-state index in [0.717, 1.165) is 24.9 Å². The Morgan fingerprint density at radius 3 is 2.63 bits per heavy atom. The number of nitrogens with one attached hydrogen (secondary N) is 1. The molecular weight excluding hydrogens is 371 g/mol.